The molecule has 0 spiro atoms. The van der Waals surface area contributed by atoms with E-state index in [-0.39, 0.29) is 18.4 Å². The number of aromatic nitrogens is 1. The SMILES string of the molecule is CN(C)C(=O)CN1C(=O)[C@H](NC(=O)c2cc3ccccc3[nH]2)[C@@H](c2ccccc2)Sc2cc(Cl)ccc21. The molecular formula is C28H25ClN4O3S. The van der Waals surface area contributed by atoms with E-state index >= 15 is 0 Å². The molecule has 0 bridgehead atoms. The van der Waals surface area contributed by atoms with Gasteiger partial charge in [-0.1, -0.05) is 60.1 Å². The molecule has 0 fully saturated rings. The second-order valence-electron chi connectivity index (χ2n) is 9.00. The van der Waals surface area contributed by atoms with Crippen molar-refractivity contribution in [3.63, 3.8) is 0 Å². The van der Waals surface area contributed by atoms with Crippen LogP contribution in [-0.2, 0) is 9.59 Å². The number of thioether (sulfide) groups is 1. The number of para-hydroxylation sites is 1. The molecule has 7 nitrogen and oxygen atoms in total. The lowest BCUT2D eigenvalue weighted by molar-refractivity contribution is -0.129. The van der Waals surface area contributed by atoms with E-state index in [0.29, 0.717) is 16.4 Å². The summed E-state index contributed by atoms with van der Waals surface area (Å²) in [7, 11) is 3.29. The Hall–Kier alpha value is -3.75. The normalized spacial score (nSPS) is 17.3. The Morgan fingerprint density at radius 2 is 1.76 bits per heavy atom. The van der Waals surface area contributed by atoms with Crippen molar-refractivity contribution in [2.24, 2.45) is 0 Å². The summed E-state index contributed by atoms with van der Waals surface area (Å²) in [6, 6.07) is 23.2. The van der Waals surface area contributed by atoms with Gasteiger partial charge in [0, 0.05) is 34.9 Å². The van der Waals surface area contributed by atoms with E-state index in [0.717, 1.165) is 21.4 Å². The molecule has 0 saturated carbocycles. The van der Waals surface area contributed by atoms with E-state index in [1.54, 1.807) is 38.4 Å². The molecular weight excluding hydrogens is 508 g/mol. The first kappa shape index (κ1) is 24.9. The van der Waals surface area contributed by atoms with Crippen molar-refractivity contribution in [1.29, 1.82) is 0 Å². The second kappa shape index (κ2) is 10.3. The van der Waals surface area contributed by atoms with Crippen molar-refractivity contribution in [3.05, 3.63) is 95.1 Å². The van der Waals surface area contributed by atoms with E-state index in [4.69, 9.17) is 11.6 Å². The minimum absolute atomic E-state index is 0.165. The molecule has 0 unspecified atom stereocenters. The average Bonchev–Trinajstić information content (AvgIpc) is 3.30. The number of likely N-dealkylation sites (N-methyl/N-ethyl adjacent to an activating group) is 1. The third-order valence-electron chi connectivity index (χ3n) is 6.28. The number of amides is 3. The van der Waals surface area contributed by atoms with Crippen LogP contribution >= 0.6 is 23.4 Å². The number of nitrogens with zero attached hydrogens (tertiary/aromatic N) is 2. The van der Waals surface area contributed by atoms with Crippen molar-refractivity contribution in [2.75, 3.05) is 25.5 Å². The lowest BCUT2D eigenvalue weighted by Gasteiger charge is -2.29. The molecule has 3 amide bonds. The van der Waals surface area contributed by atoms with E-state index in [2.05, 4.69) is 10.3 Å². The van der Waals surface area contributed by atoms with Crippen LogP contribution in [0.4, 0.5) is 5.69 Å². The van der Waals surface area contributed by atoms with Crippen molar-refractivity contribution in [2.45, 2.75) is 16.2 Å². The highest BCUT2D eigenvalue weighted by Gasteiger charge is 2.40. The standard InChI is InChI=1S/C28H25ClN4O3S/c1-32(2)24(34)16-33-22-13-12-19(29)15-23(22)37-26(17-8-4-3-5-9-17)25(28(33)36)31-27(35)21-14-18-10-6-7-11-20(18)30-21/h3-15,25-26,30H,16H2,1-2H3,(H,31,35)/t25-,26-/m1/s1. The summed E-state index contributed by atoms with van der Waals surface area (Å²) in [5, 5.41) is 3.93. The number of H-pyrrole nitrogens is 1. The zero-order valence-corrected chi connectivity index (χ0v) is 21.8. The Morgan fingerprint density at radius 1 is 1.03 bits per heavy atom. The summed E-state index contributed by atoms with van der Waals surface area (Å²) < 4.78 is 0. The first-order valence-corrected chi connectivity index (χ1v) is 13.0. The predicted molar refractivity (Wildman–Crippen MR) is 147 cm³/mol. The number of fused-ring (bicyclic) bond motifs is 2. The number of rotatable bonds is 5. The molecule has 5 rings (SSSR count). The summed E-state index contributed by atoms with van der Waals surface area (Å²) >= 11 is 7.78. The fraction of sp³-hybridized carbons (Fsp3) is 0.179. The summed E-state index contributed by atoms with van der Waals surface area (Å²) in [5.41, 5.74) is 2.63. The largest absolute Gasteiger partial charge is 0.351 e. The summed E-state index contributed by atoms with van der Waals surface area (Å²) in [5.74, 6) is -1.01. The van der Waals surface area contributed by atoms with Crippen LogP contribution < -0.4 is 10.2 Å². The molecule has 1 aliphatic heterocycles. The predicted octanol–water partition coefficient (Wildman–Crippen LogP) is 4.89. The van der Waals surface area contributed by atoms with Crippen LogP contribution in [0.3, 0.4) is 0 Å². The smallest absolute Gasteiger partial charge is 0.268 e. The number of hydrogen-bond donors (Lipinski definition) is 2. The van der Waals surface area contributed by atoms with Crippen molar-refractivity contribution < 1.29 is 14.4 Å². The third kappa shape index (κ3) is 5.08. The minimum atomic E-state index is -0.951. The number of carbonyl (C=O) groups excluding carboxylic acids is 3. The minimum Gasteiger partial charge on any atom is -0.351 e. The van der Waals surface area contributed by atoms with Gasteiger partial charge in [-0.3, -0.25) is 14.4 Å². The Morgan fingerprint density at radius 3 is 2.49 bits per heavy atom. The van der Waals surface area contributed by atoms with Crippen LogP contribution in [0, 0.1) is 0 Å². The number of aromatic amines is 1. The lowest BCUT2D eigenvalue weighted by Crippen LogP contribution is -2.52. The van der Waals surface area contributed by atoms with Crippen LogP contribution in [0.5, 0.6) is 0 Å². The number of hydrogen-bond acceptors (Lipinski definition) is 4. The third-order valence-corrected chi connectivity index (χ3v) is 7.90. The number of nitrogens with one attached hydrogen (secondary N) is 2. The van der Waals surface area contributed by atoms with E-state index in [1.807, 2.05) is 54.6 Å². The van der Waals surface area contributed by atoms with Crippen LogP contribution in [0.1, 0.15) is 21.3 Å². The maximum Gasteiger partial charge on any atom is 0.268 e. The number of halogens is 1. The van der Waals surface area contributed by atoms with Gasteiger partial charge in [0.05, 0.1) is 10.9 Å². The summed E-state index contributed by atoms with van der Waals surface area (Å²) in [4.78, 5) is 47.1. The molecule has 2 N–H and O–H groups in total. The molecule has 37 heavy (non-hydrogen) atoms. The van der Waals surface area contributed by atoms with E-state index in [9.17, 15) is 14.4 Å². The van der Waals surface area contributed by atoms with Crippen molar-refractivity contribution in [1.82, 2.24) is 15.2 Å². The molecule has 0 saturated heterocycles. The Kier molecular flexibility index (Phi) is 6.95. The van der Waals surface area contributed by atoms with Gasteiger partial charge in [0.1, 0.15) is 18.3 Å². The Balaban J connectivity index is 1.58. The topological polar surface area (TPSA) is 85.5 Å². The monoisotopic (exact) mass is 532 g/mol. The van der Waals surface area contributed by atoms with Crippen LogP contribution in [-0.4, -0.2) is 54.3 Å². The molecule has 1 aromatic heterocycles. The maximum atomic E-state index is 14.2. The van der Waals surface area contributed by atoms with Crippen molar-refractivity contribution >= 4 is 57.7 Å². The van der Waals surface area contributed by atoms with Gasteiger partial charge in [-0.15, -0.1) is 11.8 Å². The highest BCUT2D eigenvalue weighted by Crippen LogP contribution is 2.46. The van der Waals surface area contributed by atoms with Gasteiger partial charge in [0.2, 0.25) is 5.91 Å². The van der Waals surface area contributed by atoms with Gasteiger partial charge in [-0.05, 0) is 35.9 Å². The van der Waals surface area contributed by atoms with Gasteiger partial charge < -0.3 is 20.1 Å². The zero-order chi connectivity index (χ0) is 26.1. The maximum absolute atomic E-state index is 14.2. The van der Waals surface area contributed by atoms with Gasteiger partial charge in [-0.2, -0.15) is 0 Å². The highest BCUT2D eigenvalue weighted by molar-refractivity contribution is 7.99. The van der Waals surface area contributed by atoms with Crippen molar-refractivity contribution in [3.8, 4) is 0 Å². The van der Waals surface area contributed by atoms with Crippen LogP contribution in [0.25, 0.3) is 10.9 Å². The summed E-state index contributed by atoms with van der Waals surface area (Å²) in [6.45, 7) is -0.165. The highest BCUT2D eigenvalue weighted by atomic mass is 35.5. The lowest BCUT2D eigenvalue weighted by atomic mass is 10.0. The number of benzene rings is 3. The Labute approximate surface area is 223 Å². The fourth-order valence-corrected chi connectivity index (χ4v) is 5.94. The summed E-state index contributed by atoms with van der Waals surface area (Å²) in [6.07, 6.45) is 0. The second-order valence-corrected chi connectivity index (χ2v) is 10.6. The molecule has 188 valence electrons. The molecule has 9 heteroatoms. The Bertz CT molecular complexity index is 1450. The van der Waals surface area contributed by atoms with Gasteiger partial charge in [0.15, 0.2) is 0 Å². The van der Waals surface area contributed by atoms with Gasteiger partial charge in [-0.25, -0.2) is 0 Å². The first-order valence-electron chi connectivity index (χ1n) is 11.7. The molecule has 2 heterocycles. The first-order chi connectivity index (χ1) is 17.8. The average molecular weight is 533 g/mol. The number of anilines is 1. The van der Waals surface area contributed by atoms with Crippen LogP contribution in [0.15, 0.2) is 83.8 Å². The molecule has 4 aromatic rings. The molecule has 0 aliphatic carbocycles. The molecule has 2 atom stereocenters. The number of carbonyl (C=O) groups is 3. The zero-order valence-electron chi connectivity index (χ0n) is 20.3. The molecule has 3 aromatic carbocycles. The van der Waals surface area contributed by atoms with Gasteiger partial charge in [0.25, 0.3) is 11.8 Å². The fourth-order valence-electron chi connectivity index (χ4n) is 4.32. The molecule has 1 aliphatic rings. The molecule has 0 radical (unpaired) electrons. The van der Waals surface area contributed by atoms with E-state index < -0.39 is 17.2 Å². The van der Waals surface area contributed by atoms with Crippen LogP contribution in [0.2, 0.25) is 5.02 Å². The van der Waals surface area contributed by atoms with E-state index in [1.165, 1.54) is 21.6 Å². The quantitative estimate of drug-likeness (QED) is 0.383. The van der Waals surface area contributed by atoms with Gasteiger partial charge >= 0.3 is 0 Å².